The number of carbonyl (C=O) groups excluding carboxylic acids is 2. The van der Waals surface area contributed by atoms with Gasteiger partial charge in [0.2, 0.25) is 5.91 Å². The molecule has 0 radical (unpaired) electrons. The van der Waals surface area contributed by atoms with Gasteiger partial charge in [0, 0.05) is 24.3 Å². The van der Waals surface area contributed by atoms with Crippen molar-refractivity contribution in [3.8, 4) is 0 Å². The molecule has 0 bridgehead atoms. The summed E-state index contributed by atoms with van der Waals surface area (Å²) in [6, 6.07) is 1.99. The van der Waals surface area contributed by atoms with E-state index in [9.17, 15) is 9.59 Å². The third kappa shape index (κ3) is 2.32. The number of carbonyl (C=O) groups is 2. The molecular weight excluding hydrogens is 222 g/mol. The predicted molar refractivity (Wildman–Crippen MR) is 64.9 cm³/mol. The number of amides is 1. The van der Waals surface area contributed by atoms with Crippen LogP contribution in [0.4, 0.5) is 5.69 Å². The molecule has 86 valence electrons. The normalized spacial score (nSPS) is 15.8. The van der Waals surface area contributed by atoms with Crippen LogP contribution in [-0.2, 0) is 16.0 Å². The Morgan fingerprint density at radius 1 is 1.50 bits per heavy atom. The predicted octanol–water partition coefficient (Wildman–Crippen LogP) is 2.40. The minimum Gasteiger partial charge on any atom is -0.311 e. The van der Waals surface area contributed by atoms with Crippen LogP contribution in [-0.4, -0.2) is 18.2 Å². The Morgan fingerprint density at radius 3 is 3.06 bits per heavy atom. The highest BCUT2D eigenvalue weighted by atomic mass is 32.1. The maximum absolute atomic E-state index is 11.9. The van der Waals surface area contributed by atoms with E-state index in [1.165, 1.54) is 4.88 Å². The van der Waals surface area contributed by atoms with Crippen LogP contribution in [0, 0.1) is 0 Å². The molecule has 1 aromatic heterocycles. The number of anilines is 1. The van der Waals surface area contributed by atoms with Gasteiger partial charge in [-0.3, -0.25) is 9.59 Å². The summed E-state index contributed by atoms with van der Waals surface area (Å²) >= 11 is 1.70. The van der Waals surface area contributed by atoms with E-state index < -0.39 is 0 Å². The quantitative estimate of drug-likeness (QED) is 0.809. The van der Waals surface area contributed by atoms with Crippen molar-refractivity contribution in [2.75, 3.05) is 11.4 Å². The molecule has 3 nitrogen and oxygen atoms in total. The summed E-state index contributed by atoms with van der Waals surface area (Å²) in [7, 11) is 0. The van der Waals surface area contributed by atoms with Crippen LogP contribution >= 0.6 is 11.3 Å². The summed E-state index contributed by atoms with van der Waals surface area (Å²) in [6.45, 7) is 2.09. The molecule has 0 spiro atoms. The van der Waals surface area contributed by atoms with E-state index >= 15 is 0 Å². The van der Waals surface area contributed by atoms with Gasteiger partial charge in [-0.15, -0.1) is 11.3 Å². The lowest BCUT2D eigenvalue weighted by atomic mass is 10.2. The highest BCUT2D eigenvalue weighted by Gasteiger charge is 2.22. The van der Waals surface area contributed by atoms with Gasteiger partial charge in [0.05, 0.1) is 5.69 Å². The maximum atomic E-state index is 11.9. The fourth-order valence-corrected chi connectivity index (χ4v) is 2.87. The lowest BCUT2D eigenvalue weighted by molar-refractivity contribution is -0.118. The highest BCUT2D eigenvalue weighted by molar-refractivity contribution is 7.10. The molecule has 0 unspecified atom stereocenters. The summed E-state index contributed by atoms with van der Waals surface area (Å²) in [4.78, 5) is 26.0. The lowest BCUT2D eigenvalue weighted by Crippen LogP contribution is -2.31. The monoisotopic (exact) mass is 237 g/mol. The van der Waals surface area contributed by atoms with Gasteiger partial charge in [-0.1, -0.05) is 0 Å². The molecule has 1 aromatic rings. The molecule has 2 heterocycles. The zero-order chi connectivity index (χ0) is 11.5. The van der Waals surface area contributed by atoms with E-state index in [4.69, 9.17) is 0 Å². The van der Waals surface area contributed by atoms with E-state index in [1.54, 1.807) is 23.2 Å². The number of nitrogens with zero attached hydrogens (tertiary/aromatic N) is 1. The molecule has 1 aliphatic rings. The topological polar surface area (TPSA) is 37.4 Å². The SMILES string of the molecule is CC(=O)CCN1C(=O)CCCc2sccc21. The Hall–Kier alpha value is -1.16. The summed E-state index contributed by atoms with van der Waals surface area (Å²) in [5, 5.41) is 2.02. The molecule has 0 aliphatic carbocycles. The molecule has 0 atom stereocenters. The molecule has 16 heavy (non-hydrogen) atoms. The van der Waals surface area contributed by atoms with E-state index in [1.807, 2.05) is 11.4 Å². The largest absolute Gasteiger partial charge is 0.311 e. The van der Waals surface area contributed by atoms with Crippen molar-refractivity contribution in [3.63, 3.8) is 0 Å². The Labute approximate surface area is 99.1 Å². The zero-order valence-corrected chi connectivity index (χ0v) is 10.2. The number of rotatable bonds is 3. The molecule has 4 heteroatoms. The number of Topliss-reactive ketones (excluding diaryl/α,β-unsaturated/α-hetero) is 1. The number of hydrogen-bond donors (Lipinski definition) is 0. The first-order chi connectivity index (χ1) is 7.68. The Bertz CT molecular complexity index is 411. The summed E-state index contributed by atoms with van der Waals surface area (Å²) in [5.41, 5.74) is 1.02. The van der Waals surface area contributed by atoms with Crippen LogP contribution in [0.1, 0.15) is 31.1 Å². The minimum absolute atomic E-state index is 0.133. The molecule has 0 aromatic carbocycles. The first kappa shape index (κ1) is 11.3. The summed E-state index contributed by atoms with van der Waals surface area (Å²) in [5.74, 6) is 0.284. The molecular formula is C12H15NO2S. The van der Waals surface area contributed by atoms with Gasteiger partial charge in [-0.05, 0) is 31.2 Å². The van der Waals surface area contributed by atoms with Crippen molar-refractivity contribution in [3.05, 3.63) is 16.3 Å². The molecule has 1 aliphatic heterocycles. The van der Waals surface area contributed by atoms with Crippen molar-refractivity contribution in [1.29, 1.82) is 0 Å². The highest BCUT2D eigenvalue weighted by Crippen LogP contribution is 2.31. The minimum atomic E-state index is 0.133. The van der Waals surface area contributed by atoms with Crippen LogP contribution < -0.4 is 4.90 Å². The van der Waals surface area contributed by atoms with Crippen molar-refractivity contribution in [2.45, 2.75) is 32.6 Å². The van der Waals surface area contributed by atoms with Gasteiger partial charge in [-0.2, -0.15) is 0 Å². The van der Waals surface area contributed by atoms with Crippen LogP contribution in [0.3, 0.4) is 0 Å². The van der Waals surface area contributed by atoms with Gasteiger partial charge in [0.1, 0.15) is 5.78 Å². The number of thiophene rings is 1. The average molecular weight is 237 g/mol. The Morgan fingerprint density at radius 2 is 2.31 bits per heavy atom. The Balaban J connectivity index is 2.20. The number of aryl methyl sites for hydroxylation is 1. The second-order valence-corrected chi connectivity index (χ2v) is 5.08. The number of ketones is 1. The first-order valence-corrected chi connectivity index (χ1v) is 6.42. The van der Waals surface area contributed by atoms with Crippen molar-refractivity contribution in [1.82, 2.24) is 0 Å². The van der Waals surface area contributed by atoms with Crippen molar-refractivity contribution in [2.24, 2.45) is 0 Å². The zero-order valence-electron chi connectivity index (χ0n) is 9.36. The standard InChI is InChI=1S/C12H15NO2S/c1-9(14)5-7-13-10-6-8-16-11(10)3-2-4-12(13)15/h6,8H,2-5,7H2,1H3. The summed E-state index contributed by atoms with van der Waals surface area (Å²) in [6.07, 6.45) is 2.94. The number of fused-ring (bicyclic) bond motifs is 1. The second kappa shape index (κ2) is 4.78. The van der Waals surface area contributed by atoms with Gasteiger partial charge in [0.25, 0.3) is 0 Å². The third-order valence-electron chi connectivity index (χ3n) is 2.80. The fraction of sp³-hybridized carbons (Fsp3) is 0.500. The molecule has 0 N–H and O–H groups in total. The van der Waals surface area contributed by atoms with Gasteiger partial charge < -0.3 is 4.90 Å². The lowest BCUT2D eigenvalue weighted by Gasteiger charge is -2.20. The second-order valence-electron chi connectivity index (χ2n) is 4.08. The first-order valence-electron chi connectivity index (χ1n) is 5.54. The third-order valence-corrected chi connectivity index (χ3v) is 3.77. The van der Waals surface area contributed by atoms with E-state index in [0.717, 1.165) is 18.5 Å². The van der Waals surface area contributed by atoms with Gasteiger partial charge >= 0.3 is 0 Å². The Kier molecular flexibility index (Phi) is 3.39. The average Bonchev–Trinajstić information content (AvgIpc) is 2.61. The van der Waals surface area contributed by atoms with E-state index in [-0.39, 0.29) is 11.7 Å². The van der Waals surface area contributed by atoms with Crippen LogP contribution in [0.5, 0.6) is 0 Å². The molecule has 0 fully saturated rings. The fourth-order valence-electron chi connectivity index (χ4n) is 1.95. The summed E-state index contributed by atoms with van der Waals surface area (Å²) < 4.78 is 0. The van der Waals surface area contributed by atoms with Crippen LogP contribution in [0.25, 0.3) is 0 Å². The van der Waals surface area contributed by atoms with E-state index in [0.29, 0.717) is 19.4 Å². The van der Waals surface area contributed by atoms with Crippen LogP contribution in [0.15, 0.2) is 11.4 Å². The van der Waals surface area contributed by atoms with Gasteiger partial charge in [0.15, 0.2) is 0 Å². The van der Waals surface area contributed by atoms with Crippen LogP contribution in [0.2, 0.25) is 0 Å². The maximum Gasteiger partial charge on any atom is 0.227 e. The van der Waals surface area contributed by atoms with Crippen molar-refractivity contribution >= 4 is 28.7 Å². The molecule has 0 saturated carbocycles. The molecule has 2 rings (SSSR count). The molecule has 1 amide bonds. The van der Waals surface area contributed by atoms with Gasteiger partial charge in [-0.25, -0.2) is 0 Å². The molecule has 0 saturated heterocycles. The number of hydrogen-bond acceptors (Lipinski definition) is 3. The smallest absolute Gasteiger partial charge is 0.227 e. The van der Waals surface area contributed by atoms with Crippen molar-refractivity contribution < 1.29 is 9.59 Å². The van der Waals surface area contributed by atoms with E-state index in [2.05, 4.69) is 0 Å².